The van der Waals surface area contributed by atoms with Crippen molar-refractivity contribution in [2.24, 2.45) is 0 Å². The Balaban J connectivity index is 1.35. The van der Waals surface area contributed by atoms with Gasteiger partial charge in [0.25, 0.3) is 5.56 Å². The Morgan fingerprint density at radius 2 is 1.70 bits per heavy atom. The van der Waals surface area contributed by atoms with Gasteiger partial charge in [-0.15, -0.1) is 0 Å². The molecule has 1 aromatic heterocycles. The van der Waals surface area contributed by atoms with Crippen LogP contribution in [0.3, 0.4) is 0 Å². The molecule has 4 rings (SSSR count). The van der Waals surface area contributed by atoms with E-state index in [1.54, 1.807) is 6.07 Å². The molecule has 6 nitrogen and oxygen atoms in total. The monoisotopic (exact) mass is 444 g/mol. The van der Waals surface area contributed by atoms with E-state index in [0.717, 1.165) is 24.3 Å². The fourth-order valence-electron chi connectivity index (χ4n) is 4.20. The first kappa shape index (κ1) is 22.8. The van der Waals surface area contributed by atoms with Crippen LogP contribution in [0.5, 0.6) is 0 Å². The average molecular weight is 445 g/mol. The number of nitrogens with zero attached hydrogens (tertiary/aromatic N) is 4. The molecule has 1 saturated heterocycles. The normalized spacial score (nSPS) is 14.1. The van der Waals surface area contributed by atoms with Crippen molar-refractivity contribution in [3.8, 4) is 11.3 Å². The fraction of sp³-hybridized carbons (Fsp3) is 0.370. The summed E-state index contributed by atoms with van der Waals surface area (Å²) in [5.74, 6) is 0.532. The highest BCUT2D eigenvalue weighted by molar-refractivity contribution is 5.76. The summed E-state index contributed by atoms with van der Waals surface area (Å²) in [4.78, 5) is 29.3. The van der Waals surface area contributed by atoms with Crippen LogP contribution < -0.4 is 10.5 Å². The van der Waals surface area contributed by atoms with Crippen molar-refractivity contribution in [2.75, 3.05) is 31.1 Å². The molecule has 0 N–H and O–H groups in total. The zero-order valence-electron chi connectivity index (χ0n) is 19.7. The number of piperazine rings is 1. The molecule has 0 bridgehead atoms. The predicted molar refractivity (Wildman–Crippen MR) is 133 cm³/mol. The van der Waals surface area contributed by atoms with E-state index in [-0.39, 0.29) is 24.4 Å². The lowest BCUT2D eigenvalue weighted by atomic mass is 10.0. The van der Waals surface area contributed by atoms with E-state index in [2.05, 4.69) is 67.2 Å². The van der Waals surface area contributed by atoms with Gasteiger partial charge in [-0.1, -0.05) is 50.2 Å². The fourth-order valence-corrected chi connectivity index (χ4v) is 4.20. The van der Waals surface area contributed by atoms with Gasteiger partial charge in [0, 0.05) is 49.9 Å². The largest absolute Gasteiger partial charge is 0.368 e. The molecular weight excluding hydrogens is 412 g/mol. The molecule has 1 aliphatic rings. The second-order valence-electron chi connectivity index (χ2n) is 9.01. The highest BCUT2D eigenvalue weighted by atomic mass is 16.2. The quantitative estimate of drug-likeness (QED) is 0.575. The smallest absolute Gasteiger partial charge is 0.266 e. The molecule has 0 atom stereocenters. The van der Waals surface area contributed by atoms with Crippen molar-refractivity contribution in [3.05, 3.63) is 82.1 Å². The number of benzene rings is 2. The summed E-state index contributed by atoms with van der Waals surface area (Å²) < 4.78 is 1.41. The Labute approximate surface area is 195 Å². The number of amides is 1. The lowest BCUT2D eigenvalue weighted by Crippen LogP contribution is -2.49. The first-order valence-corrected chi connectivity index (χ1v) is 11.7. The number of carbonyl (C=O) groups is 1. The molecule has 1 aliphatic heterocycles. The first-order valence-electron chi connectivity index (χ1n) is 11.7. The second kappa shape index (κ2) is 10.0. The van der Waals surface area contributed by atoms with Gasteiger partial charge in [-0.25, -0.2) is 4.68 Å². The number of anilines is 1. The lowest BCUT2D eigenvalue weighted by Gasteiger charge is -2.36. The summed E-state index contributed by atoms with van der Waals surface area (Å²) in [6, 6.07) is 20.0. The maximum absolute atomic E-state index is 12.8. The average Bonchev–Trinajstić information content (AvgIpc) is 2.83. The highest BCUT2D eigenvalue weighted by Gasteiger charge is 2.21. The predicted octanol–water partition coefficient (Wildman–Crippen LogP) is 4.08. The number of hydrogen-bond donors (Lipinski definition) is 0. The van der Waals surface area contributed by atoms with Crippen molar-refractivity contribution >= 4 is 11.6 Å². The van der Waals surface area contributed by atoms with Crippen LogP contribution in [0.4, 0.5) is 5.69 Å². The molecule has 0 radical (unpaired) electrons. The van der Waals surface area contributed by atoms with Crippen LogP contribution in [0.25, 0.3) is 11.3 Å². The van der Waals surface area contributed by atoms with Gasteiger partial charge in [-0.3, -0.25) is 9.59 Å². The number of aryl methyl sites for hydroxylation is 2. The standard InChI is InChI=1S/C27H32N4O2/c1-20(2)22-7-9-23(10-8-22)25-11-12-27(33)31(28-25)14-13-26(32)30-17-15-29(16-18-30)24-6-4-5-21(3)19-24/h4-12,19-20H,13-18H2,1-3H3. The molecule has 6 heteroatoms. The minimum Gasteiger partial charge on any atom is -0.368 e. The van der Waals surface area contributed by atoms with E-state index in [0.29, 0.717) is 19.0 Å². The van der Waals surface area contributed by atoms with Gasteiger partial charge in [-0.2, -0.15) is 5.10 Å². The Morgan fingerprint density at radius 1 is 0.970 bits per heavy atom. The van der Waals surface area contributed by atoms with Crippen LogP contribution in [0.2, 0.25) is 0 Å². The maximum atomic E-state index is 12.8. The van der Waals surface area contributed by atoms with Crippen molar-refractivity contribution < 1.29 is 4.79 Å². The summed E-state index contributed by atoms with van der Waals surface area (Å²) >= 11 is 0. The molecule has 2 aromatic carbocycles. The topological polar surface area (TPSA) is 58.4 Å². The molecule has 0 aliphatic carbocycles. The number of aromatic nitrogens is 2. The van der Waals surface area contributed by atoms with E-state index in [1.807, 2.05) is 17.0 Å². The van der Waals surface area contributed by atoms with Gasteiger partial charge in [0.15, 0.2) is 0 Å². The van der Waals surface area contributed by atoms with Gasteiger partial charge in [0.05, 0.1) is 12.2 Å². The summed E-state index contributed by atoms with van der Waals surface area (Å²) in [7, 11) is 0. The van der Waals surface area contributed by atoms with E-state index >= 15 is 0 Å². The third kappa shape index (κ3) is 5.51. The van der Waals surface area contributed by atoms with Crippen molar-refractivity contribution in [1.29, 1.82) is 0 Å². The summed E-state index contributed by atoms with van der Waals surface area (Å²) in [6.07, 6.45) is 0.271. The van der Waals surface area contributed by atoms with Gasteiger partial charge < -0.3 is 9.80 Å². The molecule has 0 unspecified atom stereocenters. The Bertz CT molecular complexity index is 1160. The van der Waals surface area contributed by atoms with Gasteiger partial charge in [-0.05, 0) is 42.2 Å². The second-order valence-corrected chi connectivity index (χ2v) is 9.01. The van der Waals surface area contributed by atoms with E-state index in [9.17, 15) is 9.59 Å². The maximum Gasteiger partial charge on any atom is 0.266 e. The first-order chi connectivity index (χ1) is 15.9. The van der Waals surface area contributed by atoms with Crippen LogP contribution in [0.15, 0.2) is 65.5 Å². The van der Waals surface area contributed by atoms with E-state index in [1.165, 1.54) is 27.6 Å². The van der Waals surface area contributed by atoms with Crippen LogP contribution in [-0.2, 0) is 11.3 Å². The molecular formula is C27H32N4O2. The Kier molecular flexibility index (Phi) is 6.92. The van der Waals surface area contributed by atoms with Gasteiger partial charge in [0.2, 0.25) is 5.91 Å². The molecule has 2 heterocycles. The van der Waals surface area contributed by atoms with Crippen molar-refractivity contribution in [2.45, 2.75) is 39.7 Å². The molecule has 33 heavy (non-hydrogen) atoms. The molecule has 0 spiro atoms. The zero-order chi connectivity index (χ0) is 23.4. The molecule has 0 saturated carbocycles. The number of rotatable bonds is 6. The minimum absolute atomic E-state index is 0.0688. The van der Waals surface area contributed by atoms with Crippen LogP contribution in [0, 0.1) is 6.92 Å². The zero-order valence-corrected chi connectivity index (χ0v) is 19.7. The lowest BCUT2D eigenvalue weighted by molar-refractivity contribution is -0.131. The summed E-state index contributed by atoms with van der Waals surface area (Å²) in [5.41, 5.74) is 5.23. The molecule has 1 amide bonds. The SMILES string of the molecule is Cc1cccc(N2CCN(C(=O)CCn3nc(-c4ccc(C(C)C)cc4)ccc3=O)CC2)c1. The highest BCUT2D eigenvalue weighted by Crippen LogP contribution is 2.21. The van der Waals surface area contributed by atoms with Crippen LogP contribution >= 0.6 is 0 Å². The minimum atomic E-state index is -0.186. The molecule has 172 valence electrons. The van der Waals surface area contributed by atoms with Gasteiger partial charge in [0.1, 0.15) is 0 Å². The van der Waals surface area contributed by atoms with Crippen molar-refractivity contribution in [1.82, 2.24) is 14.7 Å². The summed E-state index contributed by atoms with van der Waals surface area (Å²) in [5, 5.41) is 4.52. The number of carbonyl (C=O) groups excluding carboxylic acids is 1. The number of hydrogen-bond acceptors (Lipinski definition) is 4. The van der Waals surface area contributed by atoms with Crippen LogP contribution in [0.1, 0.15) is 37.3 Å². The van der Waals surface area contributed by atoms with E-state index in [4.69, 9.17) is 0 Å². The summed E-state index contributed by atoms with van der Waals surface area (Å²) in [6.45, 7) is 9.71. The van der Waals surface area contributed by atoms with Crippen LogP contribution in [-0.4, -0.2) is 46.8 Å². The Hall–Kier alpha value is -3.41. The Morgan fingerprint density at radius 3 is 2.36 bits per heavy atom. The third-order valence-corrected chi connectivity index (χ3v) is 6.28. The van der Waals surface area contributed by atoms with Crippen molar-refractivity contribution in [3.63, 3.8) is 0 Å². The van der Waals surface area contributed by atoms with Gasteiger partial charge >= 0.3 is 0 Å². The third-order valence-electron chi connectivity index (χ3n) is 6.28. The molecule has 3 aromatic rings. The molecule has 1 fully saturated rings. The van der Waals surface area contributed by atoms with E-state index < -0.39 is 0 Å².